The first kappa shape index (κ1) is 20.3. The molecule has 2 aromatic rings. The van der Waals surface area contributed by atoms with Gasteiger partial charge in [0.25, 0.3) is 0 Å². The van der Waals surface area contributed by atoms with Gasteiger partial charge in [0.15, 0.2) is 0 Å². The second kappa shape index (κ2) is 9.18. The molecule has 2 heterocycles. The van der Waals surface area contributed by atoms with Crippen molar-refractivity contribution in [3.8, 4) is 0 Å². The van der Waals surface area contributed by atoms with Gasteiger partial charge in [-0.1, -0.05) is 25.1 Å². The predicted molar refractivity (Wildman–Crippen MR) is 109 cm³/mol. The Balaban J connectivity index is 1.85. The van der Waals surface area contributed by atoms with E-state index in [1.54, 1.807) is 16.7 Å². The van der Waals surface area contributed by atoms with Crippen molar-refractivity contribution in [2.45, 2.75) is 20.3 Å². The Hall–Kier alpha value is -3.43. The maximum Gasteiger partial charge on any atom is 0.409 e. The monoisotopic (exact) mass is 400 g/mol. The van der Waals surface area contributed by atoms with Gasteiger partial charge in [-0.25, -0.2) is 14.8 Å². The number of anilines is 3. The van der Waals surface area contributed by atoms with Crippen LogP contribution in [0.25, 0.3) is 0 Å². The number of para-hydroxylation sites is 1. The molecule has 0 bridgehead atoms. The Bertz CT molecular complexity index is 883. The molecule has 154 valence electrons. The molecule has 1 aromatic heterocycles. The second-order valence-electron chi connectivity index (χ2n) is 6.46. The normalized spacial score (nSPS) is 13.9. The summed E-state index contributed by atoms with van der Waals surface area (Å²) in [5, 5.41) is 15.0. The number of rotatable bonds is 6. The highest BCUT2D eigenvalue weighted by Crippen LogP contribution is 2.34. The smallest absolute Gasteiger partial charge is 0.409 e. The molecule has 10 heteroatoms. The van der Waals surface area contributed by atoms with Crippen LogP contribution in [0, 0.1) is 10.1 Å². The molecule has 0 aliphatic carbocycles. The van der Waals surface area contributed by atoms with Crippen molar-refractivity contribution in [1.29, 1.82) is 0 Å². The van der Waals surface area contributed by atoms with Crippen LogP contribution in [0.2, 0.25) is 0 Å². The fourth-order valence-electron chi connectivity index (χ4n) is 3.25. The van der Waals surface area contributed by atoms with Gasteiger partial charge in [-0.05, 0) is 25.0 Å². The van der Waals surface area contributed by atoms with E-state index in [-0.39, 0.29) is 23.4 Å². The van der Waals surface area contributed by atoms with Crippen molar-refractivity contribution in [3.05, 3.63) is 46.3 Å². The van der Waals surface area contributed by atoms with Crippen LogP contribution in [0.1, 0.15) is 19.4 Å². The minimum absolute atomic E-state index is 0.147. The van der Waals surface area contributed by atoms with Crippen molar-refractivity contribution in [1.82, 2.24) is 14.9 Å². The third-order valence-corrected chi connectivity index (χ3v) is 4.74. The van der Waals surface area contributed by atoms with Crippen LogP contribution in [0.15, 0.2) is 30.6 Å². The molecule has 1 aliphatic heterocycles. The van der Waals surface area contributed by atoms with Gasteiger partial charge in [0.05, 0.1) is 11.5 Å². The predicted octanol–water partition coefficient (Wildman–Crippen LogP) is 2.97. The lowest BCUT2D eigenvalue weighted by molar-refractivity contribution is -0.383. The highest BCUT2D eigenvalue weighted by Gasteiger charge is 2.30. The van der Waals surface area contributed by atoms with E-state index >= 15 is 0 Å². The fourth-order valence-corrected chi connectivity index (χ4v) is 3.25. The minimum atomic E-state index is -0.468. The summed E-state index contributed by atoms with van der Waals surface area (Å²) in [7, 11) is 0. The van der Waals surface area contributed by atoms with Crippen LogP contribution in [0.4, 0.5) is 27.8 Å². The molecule has 0 atom stereocenters. The van der Waals surface area contributed by atoms with Gasteiger partial charge in [-0.2, -0.15) is 0 Å². The van der Waals surface area contributed by atoms with Gasteiger partial charge in [0.1, 0.15) is 6.33 Å². The number of nitrogens with one attached hydrogen (secondary N) is 1. The van der Waals surface area contributed by atoms with Gasteiger partial charge in [0.2, 0.25) is 11.6 Å². The van der Waals surface area contributed by atoms with Gasteiger partial charge in [0, 0.05) is 31.9 Å². The number of benzene rings is 1. The first-order valence-electron chi connectivity index (χ1n) is 9.56. The highest BCUT2D eigenvalue weighted by molar-refractivity contribution is 5.76. The van der Waals surface area contributed by atoms with E-state index in [0.717, 1.165) is 17.7 Å². The molecule has 0 spiro atoms. The summed E-state index contributed by atoms with van der Waals surface area (Å²) >= 11 is 0. The number of nitro groups is 1. The van der Waals surface area contributed by atoms with Crippen molar-refractivity contribution < 1.29 is 14.5 Å². The number of carbonyl (C=O) groups excluding carboxylic acids is 1. The molecule has 0 saturated carbocycles. The molecule has 3 rings (SSSR count). The summed E-state index contributed by atoms with van der Waals surface area (Å²) in [6, 6.07) is 7.62. The van der Waals surface area contributed by atoms with Crippen molar-refractivity contribution in [2.24, 2.45) is 0 Å². The number of nitrogens with zero attached hydrogens (tertiary/aromatic N) is 5. The molecule has 1 aliphatic rings. The van der Waals surface area contributed by atoms with Crippen LogP contribution >= 0.6 is 0 Å². The number of piperazine rings is 1. The highest BCUT2D eigenvalue weighted by atomic mass is 16.6. The SMILES string of the molecule is CCOC(=O)N1CCN(c2ncnc(Nc3ccccc3CC)c2[N+](=O)[O-])CC1. The number of carbonyl (C=O) groups is 1. The van der Waals surface area contributed by atoms with E-state index < -0.39 is 4.92 Å². The summed E-state index contributed by atoms with van der Waals surface area (Å²) in [6.07, 6.45) is 1.73. The lowest BCUT2D eigenvalue weighted by Gasteiger charge is -2.34. The number of hydrogen-bond donors (Lipinski definition) is 1. The maximum atomic E-state index is 11.9. The fraction of sp³-hybridized carbons (Fsp3) is 0.421. The Labute approximate surface area is 168 Å². The number of hydrogen-bond acceptors (Lipinski definition) is 8. The molecule has 0 radical (unpaired) electrons. The van der Waals surface area contributed by atoms with Crippen LogP contribution in [-0.4, -0.2) is 58.7 Å². The summed E-state index contributed by atoms with van der Waals surface area (Å²) in [5.74, 6) is 0.388. The quantitative estimate of drug-likeness (QED) is 0.581. The number of ether oxygens (including phenoxy) is 1. The summed E-state index contributed by atoms with van der Waals surface area (Å²) in [4.78, 5) is 34.9. The van der Waals surface area contributed by atoms with Crippen molar-refractivity contribution in [3.63, 3.8) is 0 Å². The second-order valence-corrected chi connectivity index (χ2v) is 6.46. The van der Waals surface area contributed by atoms with Gasteiger partial charge < -0.3 is 19.9 Å². The molecule has 1 aromatic carbocycles. The Morgan fingerprint density at radius 2 is 1.93 bits per heavy atom. The van der Waals surface area contributed by atoms with Crippen LogP contribution in [-0.2, 0) is 11.2 Å². The molecule has 29 heavy (non-hydrogen) atoms. The van der Waals surface area contributed by atoms with Crippen LogP contribution in [0.5, 0.6) is 0 Å². The standard InChI is InChI=1S/C19H24N6O4/c1-3-14-7-5-6-8-15(14)22-17-16(25(27)28)18(21-13-20-17)23-9-11-24(12-10-23)19(26)29-4-2/h5-8,13H,3-4,9-12H2,1-2H3,(H,20,21,22). The summed E-state index contributed by atoms with van der Waals surface area (Å²) in [6.45, 7) is 5.73. The maximum absolute atomic E-state index is 11.9. The van der Waals surface area contributed by atoms with Gasteiger partial charge >= 0.3 is 11.8 Å². The van der Waals surface area contributed by atoms with E-state index in [1.165, 1.54) is 6.33 Å². The third-order valence-electron chi connectivity index (χ3n) is 4.74. The molecule has 1 saturated heterocycles. The lowest BCUT2D eigenvalue weighted by Crippen LogP contribution is -2.49. The molecule has 10 nitrogen and oxygen atoms in total. The third kappa shape index (κ3) is 4.53. The molecule has 1 fully saturated rings. The largest absolute Gasteiger partial charge is 0.450 e. The number of aromatic nitrogens is 2. The minimum Gasteiger partial charge on any atom is -0.450 e. The zero-order chi connectivity index (χ0) is 20.8. The first-order valence-corrected chi connectivity index (χ1v) is 9.56. The van der Waals surface area contributed by atoms with Crippen molar-refractivity contribution in [2.75, 3.05) is 43.0 Å². The molecular weight excluding hydrogens is 376 g/mol. The van der Waals surface area contributed by atoms with Crippen LogP contribution in [0.3, 0.4) is 0 Å². The first-order chi connectivity index (χ1) is 14.0. The topological polar surface area (TPSA) is 114 Å². The van der Waals surface area contributed by atoms with E-state index in [2.05, 4.69) is 15.3 Å². The van der Waals surface area contributed by atoms with E-state index in [9.17, 15) is 14.9 Å². The molecule has 1 amide bonds. The Morgan fingerprint density at radius 3 is 2.59 bits per heavy atom. The van der Waals surface area contributed by atoms with E-state index in [4.69, 9.17) is 4.74 Å². The summed E-state index contributed by atoms with van der Waals surface area (Å²) < 4.78 is 5.02. The van der Waals surface area contributed by atoms with Crippen molar-refractivity contribution >= 4 is 29.1 Å². The van der Waals surface area contributed by atoms with Crippen LogP contribution < -0.4 is 10.2 Å². The van der Waals surface area contributed by atoms with E-state index in [0.29, 0.717) is 32.8 Å². The number of amides is 1. The van der Waals surface area contributed by atoms with Gasteiger partial charge in [-0.3, -0.25) is 10.1 Å². The zero-order valence-electron chi connectivity index (χ0n) is 16.5. The Morgan fingerprint density at radius 1 is 1.21 bits per heavy atom. The zero-order valence-corrected chi connectivity index (χ0v) is 16.5. The van der Waals surface area contributed by atoms with Gasteiger partial charge in [-0.15, -0.1) is 0 Å². The average Bonchev–Trinajstić information content (AvgIpc) is 2.74. The Kier molecular flexibility index (Phi) is 6.43. The summed E-state index contributed by atoms with van der Waals surface area (Å²) in [5.41, 5.74) is 1.63. The van der Waals surface area contributed by atoms with E-state index in [1.807, 2.05) is 31.2 Å². The number of aryl methyl sites for hydroxylation is 1. The molecular formula is C19H24N6O4. The molecule has 0 unspecified atom stereocenters. The average molecular weight is 400 g/mol. The lowest BCUT2D eigenvalue weighted by atomic mass is 10.1. The molecule has 1 N–H and O–H groups in total.